The number of aromatic nitrogens is 2. The highest BCUT2D eigenvalue weighted by atomic mass is 19.1. The van der Waals surface area contributed by atoms with Gasteiger partial charge in [0.15, 0.2) is 0 Å². The molecule has 0 spiro atoms. The number of benzene rings is 2. The Balaban J connectivity index is 1.48. The zero-order valence-electron chi connectivity index (χ0n) is 18.4. The molecule has 1 aromatic heterocycles. The molecule has 1 fully saturated rings. The molecule has 0 saturated carbocycles. The largest absolute Gasteiger partial charge is 0.356 e. The van der Waals surface area contributed by atoms with E-state index in [-0.39, 0.29) is 17.6 Å². The van der Waals surface area contributed by atoms with Crippen LogP contribution in [0, 0.1) is 17.7 Å². The molecule has 1 N–H and O–H groups in total. The minimum atomic E-state index is -0.229. The minimum absolute atomic E-state index is 0.0679. The highest BCUT2D eigenvalue weighted by Gasteiger charge is 2.27. The van der Waals surface area contributed by atoms with Gasteiger partial charge >= 0.3 is 0 Å². The van der Waals surface area contributed by atoms with Gasteiger partial charge in [0.1, 0.15) is 5.82 Å². The summed E-state index contributed by atoms with van der Waals surface area (Å²) >= 11 is 0. The lowest BCUT2D eigenvalue weighted by molar-refractivity contribution is -0.125. The highest BCUT2D eigenvalue weighted by Crippen LogP contribution is 2.28. The lowest BCUT2D eigenvalue weighted by Gasteiger charge is -2.32. The standard InChI is InChI=1S/C25H31FN4O/c1-18(2)11-14-27-24(31)20-12-15-29(16-13-20)25-28-22-5-3-4-6-23(22)30(25)17-19-7-9-21(26)10-8-19/h3-10,18,20H,11-17H2,1-2H3,(H,27,31). The molecule has 31 heavy (non-hydrogen) atoms. The number of nitrogens with one attached hydrogen (secondary N) is 1. The third-order valence-electron chi connectivity index (χ3n) is 6.06. The Hall–Kier alpha value is -2.89. The molecule has 1 saturated heterocycles. The second-order valence-corrected chi connectivity index (χ2v) is 8.85. The number of fused-ring (bicyclic) bond motifs is 1. The Bertz CT molecular complexity index is 1020. The molecule has 2 heterocycles. The van der Waals surface area contributed by atoms with Crippen LogP contribution < -0.4 is 10.2 Å². The van der Waals surface area contributed by atoms with Gasteiger partial charge in [-0.15, -0.1) is 0 Å². The number of para-hydroxylation sites is 2. The van der Waals surface area contributed by atoms with Crippen LogP contribution in [0.25, 0.3) is 11.0 Å². The summed E-state index contributed by atoms with van der Waals surface area (Å²) in [5.41, 5.74) is 3.05. The first kappa shape index (κ1) is 21.3. The van der Waals surface area contributed by atoms with Crippen molar-refractivity contribution in [3.8, 4) is 0 Å². The molecule has 6 heteroatoms. The number of piperidine rings is 1. The van der Waals surface area contributed by atoms with Crippen molar-refractivity contribution in [2.75, 3.05) is 24.5 Å². The molecule has 0 bridgehead atoms. The van der Waals surface area contributed by atoms with Crippen molar-refractivity contribution in [1.82, 2.24) is 14.9 Å². The summed E-state index contributed by atoms with van der Waals surface area (Å²) in [6.45, 7) is 7.32. The number of halogens is 1. The van der Waals surface area contributed by atoms with E-state index in [4.69, 9.17) is 4.98 Å². The van der Waals surface area contributed by atoms with Crippen LogP contribution in [0.5, 0.6) is 0 Å². The SMILES string of the molecule is CC(C)CCNC(=O)C1CCN(c2nc3ccccc3n2Cc2ccc(F)cc2)CC1. The van der Waals surface area contributed by atoms with Crippen molar-refractivity contribution in [3.05, 3.63) is 59.9 Å². The van der Waals surface area contributed by atoms with Crippen LogP contribution in [0.2, 0.25) is 0 Å². The maximum atomic E-state index is 13.3. The maximum absolute atomic E-state index is 13.3. The molecule has 0 atom stereocenters. The van der Waals surface area contributed by atoms with Gasteiger partial charge in [0.2, 0.25) is 11.9 Å². The van der Waals surface area contributed by atoms with E-state index in [1.807, 2.05) is 30.3 Å². The van der Waals surface area contributed by atoms with Gasteiger partial charge in [0.25, 0.3) is 0 Å². The van der Waals surface area contributed by atoms with Crippen molar-refractivity contribution in [2.24, 2.45) is 11.8 Å². The fourth-order valence-corrected chi connectivity index (χ4v) is 4.20. The predicted molar refractivity (Wildman–Crippen MR) is 123 cm³/mol. The smallest absolute Gasteiger partial charge is 0.223 e. The van der Waals surface area contributed by atoms with Crippen LogP contribution in [0.1, 0.15) is 38.7 Å². The lowest BCUT2D eigenvalue weighted by atomic mass is 9.96. The first-order valence-corrected chi connectivity index (χ1v) is 11.2. The fraction of sp³-hybridized carbons (Fsp3) is 0.440. The van der Waals surface area contributed by atoms with E-state index in [0.29, 0.717) is 12.5 Å². The third kappa shape index (κ3) is 5.06. The zero-order valence-corrected chi connectivity index (χ0v) is 18.4. The van der Waals surface area contributed by atoms with E-state index >= 15 is 0 Å². The van der Waals surface area contributed by atoms with Gasteiger partial charge in [-0.05, 0) is 55.0 Å². The lowest BCUT2D eigenvalue weighted by Crippen LogP contribution is -2.41. The molecule has 0 unspecified atom stereocenters. The number of hydrogen-bond donors (Lipinski definition) is 1. The van der Waals surface area contributed by atoms with Crippen LogP contribution >= 0.6 is 0 Å². The first-order valence-electron chi connectivity index (χ1n) is 11.2. The van der Waals surface area contributed by atoms with Gasteiger partial charge in [-0.1, -0.05) is 38.1 Å². The summed E-state index contributed by atoms with van der Waals surface area (Å²) < 4.78 is 15.5. The van der Waals surface area contributed by atoms with E-state index in [1.54, 1.807) is 0 Å². The average molecular weight is 423 g/mol. The van der Waals surface area contributed by atoms with Crippen LogP contribution in [0.3, 0.4) is 0 Å². The summed E-state index contributed by atoms with van der Waals surface area (Å²) in [5, 5.41) is 3.10. The van der Waals surface area contributed by atoms with Gasteiger partial charge in [-0.2, -0.15) is 0 Å². The van der Waals surface area contributed by atoms with E-state index in [9.17, 15) is 9.18 Å². The minimum Gasteiger partial charge on any atom is -0.356 e. The molecule has 2 aromatic carbocycles. The Morgan fingerprint density at radius 2 is 1.84 bits per heavy atom. The van der Waals surface area contributed by atoms with Crippen LogP contribution in [0.15, 0.2) is 48.5 Å². The molecule has 3 aromatic rings. The van der Waals surface area contributed by atoms with E-state index in [1.165, 1.54) is 12.1 Å². The maximum Gasteiger partial charge on any atom is 0.223 e. The number of imidazole rings is 1. The molecular weight excluding hydrogens is 391 g/mol. The predicted octanol–water partition coefficient (Wildman–Crippen LogP) is 4.60. The van der Waals surface area contributed by atoms with E-state index in [0.717, 1.165) is 61.4 Å². The number of carbonyl (C=O) groups excluding carboxylic acids is 1. The summed E-state index contributed by atoms with van der Waals surface area (Å²) in [7, 11) is 0. The number of amides is 1. The molecular formula is C25H31FN4O. The van der Waals surface area contributed by atoms with Gasteiger partial charge in [0.05, 0.1) is 17.6 Å². The fourth-order valence-electron chi connectivity index (χ4n) is 4.20. The van der Waals surface area contributed by atoms with Gasteiger partial charge in [-0.25, -0.2) is 9.37 Å². The molecule has 164 valence electrons. The van der Waals surface area contributed by atoms with E-state index in [2.05, 4.69) is 34.7 Å². The molecule has 1 aliphatic rings. The van der Waals surface area contributed by atoms with Crippen LogP contribution in [-0.2, 0) is 11.3 Å². The quantitative estimate of drug-likeness (QED) is 0.605. The van der Waals surface area contributed by atoms with Gasteiger partial charge in [-0.3, -0.25) is 4.79 Å². The van der Waals surface area contributed by atoms with Crippen LogP contribution in [0.4, 0.5) is 10.3 Å². The normalized spacial score (nSPS) is 15.0. The highest BCUT2D eigenvalue weighted by molar-refractivity contribution is 5.80. The Kier molecular flexibility index (Phi) is 6.54. The number of hydrogen-bond acceptors (Lipinski definition) is 3. The second kappa shape index (κ2) is 9.50. The summed E-state index contributed by atoms with van der Waals surface area (Å²) in [6, 6.07) is 14.7. The van der Waals surface area contributed by atoms with Crippen molar-refractivity contribution in [3.63, 3.8) is 0 Å². The number of nitrogens with zero attached hydrogens (tertiary/aromatic N) is 3. The van der Waals surface area contributed by atoms with Crippen LogP contribution in [-0.4, -0.2) is 35.1 Å². The van der Waals surface area contributed by atoms with Crippen molar-refractivity contribution in [1.29, 1.82) is 0 Å². The summed E-state index contributed by atoms with van der Waals surface area (Å²) in [6.07, 6.45) is 2.67. The van der Waals surface area contributed by atoms with Crippen molar-refractivity contribution < 1.29 is 9.18 Å². The number of rotatable bonds is 7. The Morgan fingerprint density at radius 3 is 2.55 bits per heavy atom. The summed E-state index contributed by atoms with van der Waals surface area (Å²) in [4.78, 5) is 19.7. The zero-order chi connectivity index (χ0) is 21.8. The monoisotopic (exact) mass is 422 g/mol. The van der Waals surface area contributed by atoms with Crippen molar-refractivity contribution >= 4 is 22.9 Å². The average Bonchev–Trinajstić information content (AvgIpc) is 3.13. The Morgan fingerprint density at radius 1 is 1.13 bits per heavy atom. The Labute approximate surface area is 183 Å². The molecule has 0 aliphatic carbocycles. The number of carbonyl (C=O) groups is 1. The molecule has 4 rings (SSSR count). The second-order valence-electron chi connectivity index (χ2n) is 8.85. The van der Waals surface area contributed by atoms with Gasteiger partial charge < -0.3 is 14.8 Å². The molecule has 5 nitrogen and oxygen atoms in total. The topological polar surface area (TPSA) is 50.2 Å². The third-order valence-corrected chi connectivity index (χ3v) is 6.06. The summed E-state index contributed by atoms with van der Waals surface area (Å²) in [5.74, 6) is 1.53. The first-order chi connectivity index (χ1) is 15.0. The molecule has 1 amide bonds. The molecule has 1 aliphatic heterocycles. The van der Waals surface area contributed by atoms with Gasteiger partial charge in [0, 0.05) is 25.6 Å². The molecule has 0 radical (unpaired) electrons. The van der Waals surface area contributed by atoms with Crippen molar-refractivity contribution in [2.45, 2.75) is 39.7 Å². The number of anilines is 1. The van der Waals surface area contributed by atoms with E-state index < -0.39 is 0 Å².